The molecule has 0 amide bonds. The van der Waals surface area contributed by atoms with E-state index in [0.717, 1.165) is 11.1 Å². The standard InChI is InChI=1S/C12H12FN3O/c13-11-3-1-9(2-4-11)10-7-15-12(16-8-10)14-5-6-17/h1-4,7-8,17H,5-6H2,(H,14,15,16). The van der Waals surface area contributed by atoms with Crippen LogP contribution < -0.4 is 5.32 Å². The minimum atomic E-state index is -0.268. The number of halogens is 1. The molecule has 1 aromatic carbocycles. The molecule has 5 heteroatoms. The Morgan fingerprint density at radius 2 is 1.71 bits per heavy atom. The Morgan fingerprint density at radius 3 is 2.29 bits per heavy atom. The van der Waals surface area contributed by atoms with Crippen LogP contribution in [0.25, 0.3) is 11.1 Å². The Morgan fingerprint density at radius 1 is 1.06 bits per heavy atom. The van der Waals surface area contributed by atoms with Crippen LogP contribution in [0.2, 0.25) is 0 Å². The molecule has 0 fully saturated rings. The minimum Gasteiger partial charge on any atom is -0.395 e. The molecule has 0 aliphatic rings. The second kappa shape index (κ2) is 5.36. The van der Waals surface area contributed by atoms with Crippen LogP contribution in [0.15, 0.2) is 36.7 Å². The lowest BCUT2D eigenvalue weighted by Gasteiger charge is -2.04. The van der Waals surface area contributed by atoms with Crippen molar-refractivity contribution in [3.8, 4) is 11.1 Å². The normalized spacial score (nSPS) is 10.2. The van der Waals surface area contributed by atoms with Gasteiger partial charge in [0.1, 0.15) is 5.82 Å². The fourth-order valence-electron chi connectivity index (χ4n) is 1.38. The molecule has 2 rings (SSSR count). The maximum atomic E-state index is 12.7. The lowest BCUT2D eigenvalue weighted by Crippen LogP contribution is -2.08. The summed E-state index contributed by atoms with van der Waals surface area (Å²) in [4.78, 5) is 8.18. The Kier molecular flexibility index (Phi) is 3.62. The van der Waals surface area contributed by atoms with Gasteiger partial charge < -0.3 is 10.4 Å². The number of hydrogen-bond donors (Lipinski definition) is 2. The molecule has 0 atom stereocenters. The number of aliphatic hydroxyl groups excluding tert-OH is 1. The Bertz CT molecular complexity index is 470. The second-order valence-corrected chi connectivity index (χ2v) is 3.45. The summed E-state index contributed by atoms with van der Waals surface area (Å²) in [6.45, 7) is 0.443. The van der Waals surface area contributed by atoms with Gasteiger partial charge >= 0.3 is 0 Å². The van der Waals surface area contributed by atoms with Crippen LogP contribution in [-0.4, -0.2) is 28.2 Å². The molecule has 0 spiro atoms. The quantitative estimate of drug-likeness (QED) is 0.843. The van der Waals surface area contributed by atoms with E-state index in [4.69, 9.17) is 5.11 Å². The highest BCUT2D eigenvalue weighted by atomic mass is 19.1. The molecule has 0 saturated heterocycles. The largest absolute Gasteiger partial charge is 0.395 e. The molecular weight excluding hydrogens is 221 g/mol. The lowest BCUT2D eigenvalue weighted by atomic mass is 10.1. The first-order valence-corrected chi connectivity index (χ1v) is 5.22. The number of nitrogens with zero attached hydrogens (tertiary/aromatic N) is 2. The van der Waals surface area contributed by atoms with Gasteiger partial charge in [0, 0.05) is 24.5 Å². The van der Waals surface area contributed by atoms with Gasteiger partial charge in [0.25, 0.3) is 0 Å². The van der Waals surface area contributed by atoms with E-state index in [2.05, 4.69) is 15.3 Å². The lowest BCUT2D eigenvalue weighted by molar-refractivity contribution is 0.311. The highest BCUT2D eigenvalue weighted by molar-refractivity contribution is 5.61. The molecular formula is C12H12FN3O. The zero-order valence-electron chi connectivity index (χ0n) is 9.10. The molecule has 0 bridgehead atoms. The molecule has 2 aromatic rings. The first kappa shape index (κ1) is 11.5. The molecule has 4 nitrogen and oxygen atoms in total. The predicted molar refractivity (Wildman–Crippen MR) is 63.0 cm³/mol. The van der Waals surface area contributed by atoms with Crippen LogP contribution in [0.4, 0.5) is 10.3 Å². The highest BCUT2D eigenvalue weighted by Gasteiger charge is 2.00. The predicted octanol–water partition coefficient (Wildman–Crippen LogP) is 1.69. The number of rotatable bonds is 4. The summed E-state index contributed by atoms with van der Waals surface area (Å²) >= 11 is 0. The van der Waals surface area contributed by atoms with Crippen LogP contribution >= 0.6 is 0 Å². The van der Waals surface area contributed by atoms with Crippen LogP contribution in [0.1, 0.15) is 0 Å². The molecule has 2 N–H and O–H groups in total. The fourth-order valence-corrected chi connectivity index (χ4v) is 1.38. The second-order valence-electron chi connectivity index (χ2n) is 3.45. The number of benzene rings is 1. The number of anilines is 1. The fraction of sp³-hybridized carbons (Fsp3) is 0.167. The molecule has 88 valence electrons. The van der Waals surface area contributed by atoms with Crippen LogP contribution in [-0.2, 0) is 0 Å². The van der Waals surface area contributed by atoms with Gasteiger partial charge in [0.15, 0.2) is 0 Å². The summed E-state index contributed by atoms with van der Waals surface area (Å²) in [7, 11) is 0. The zero-order chi connectivity index (χ0) is 12.1. The molecule has 1 aromatic heterocycles. The third kappa shape index (κ3) is 2.98. The summed E-state index contributed by atoms with van der Waals surface area (Å²) in [5.41, 5.74) is 1.68. The third-order valence-corrected chi connectivity index (χ3v) is 2.22. The van der Waals surface area contributed by atoms with Crippen molar-refractivity contribution in [3.05, 3.63) is 42.5 Å². The monoisotopic (exact) mass is 233 g/mol. The Labute approximate surface area is 98.2 Å². The summed E-state index contributed by atoms with van der Waals surface area (Å²) in [6.07, 6.45) is 3.31. The van der Waals surface area contributed by atoms with E-state index in [9.17, 15) is 4.39 Å². The van der Waals surface area contributed by atoms with E-state index < -0.39 is 0 Å². The highest BCUT2D eigenvalue weighted by Crippen LogP contribution is 2.18. The number of aliphatic hydroxyl groups is 1. The van der Waals surface area contributed by atoms with E-state index in [-0.39, 0.29) is 12.4 Å². The van der Waals surface area contributed by atoms with E-state index in [1.54, 1.807) is 24.5 Å². The topological polar surface area (TPSA) is 58.0 Å². The SMILES string of the molecule is OCCNc1ncc(-c2ccc(F)cc2)cn1. The van der Waals surface area contributed by atoms with Crippen LogP contribution in [0.3, 0.4) is 0 Å². The van der Waals surface area contributed by atoms with Gasteiger partial charge in [-0.25, -0.2) is 14.4 Å². The maximum absolute atomic E-state index is 12.7. The number of aromatic nitrogens is 2. The van der Waals surface area contributed by atoms with E-state index in [0.29, 0.717) is 12.5 Å². The van der Waals surface area contributed by atoms with E-state index in [1.165, 1.54) is 12.1 Å². The van der Waals surface area contributed by atoms with Gasteiger partial charge in [-0.2, -0.15) is 0 Å². The molecule has 0 radical (unpaired) electrons. The van der Waals surface area contributed by atoms with Gasteiger partial charge in [-0.3, -0.25) is 0 Å². The minimum absolute atomic E-state index is 0.0308. The van der Waals surface area contributed by atoms with Crippen molar-refractivity contribution in [3.63, 3.8) is 0 Å². The third-order valence-electron chi connectivity index (χ3n) is 2.22. The van der Waals surface area contributed by atoms with Gasteiger partial charge in [0.05, 0.1) is 6.61 Å². The molecule has 1 heterocycles. The maximum Gasteiger partial charge on any atom is 0.222 e. The smallest absolute Gasteiger partial charge is 0.222 e. The van der Waals surface area contributed by atoms with Crippen molar-refractivity contribution in [2.75, 3.05) is 18.5 Å². The van der Waals surface area contributed by atoms with Crippen molar-refractivity contribution >= 4 is 5.95 Å². The Balaban J connectivity index is 2.14. The molecule has 0 saturated carbocycles. The molecule has 17 heavy (non-hydrogen) atoms. The van der Waals surface area contributed by atoms with Crippen LogP contribution in [0, 0.1) is 5.82 Å². The summed E-state index contributed by atoms with van der Waals surface area (Å²) < 4.78 is 12.7. The van der Waals surface area contributed by atoms with Gasteiger partial charge in [-0.15, -0.1) is 0 Å². The van der Waals surface area contributed by atoms with Crippen molar-refractivity contribution in [1.82, 2.24) is 9.97 Å². The van der Waals surface area contributed by atoms with Gasteiger partial charge in [-0.05, 0) is 17.7 Å². The van der Waals surface area contributed by atoms with Crippen molar-refractivity contribution in [1.29, 1.82) is 0 Å². The first-order valence-electron chi connectivity index (χ1n) is 5.22. The Hall–Kier alpha value is -2.01. The molecule has 0 aliphatic heterocycles. The average molecular weight is 233 g/mol. The van der Waals surface area contributed by atoms with Crippen molar-refractivity contribution < 1.29 is 9.50 Å². The summed E-state index contributed by atoms with van der Waals surface area (Å²) in [5, 5.41) is 11.5. The molecule has 0 aliphatic carbocycles. The summed E-state index contributed by atoms with van der Waals surface area (Å²) in [5.74, 6) is 0.195. The summed E-state index contributed by atoms with van der Waals surface area (Å²) in [6, 6.07) is 6.14. The van der Waals surface area contributed by atoms with Gasteiger partial charge in [-0.1, -0.05) is 12.1 Å². The van der Waals surface area contributed by atoms with Gasteiger partial charge in [0.2, 0.25) is 5.95 Å². The van der Waals surface area contributed by atoms with E-state index >= 15 is 0 Å². The van der Waals surface area contributed by atoms with Crippen molar-refractivity contribution in [2.45, 2.75) is 0 Å². The zero-order valence-corrected chi connectivity index (χ0v) is 9.10. The first-order chi connectivity index (χ1) is 8.29. The molecule has 0 unspecified atom stereocenters. The average Bonchev–Trinajstić information content (AvgIpc) is 2.38. The number of hydrogen-bond acceptors (Lipinski definition) is 4. The number of nitrogens with one attached hydrogen (secondary N) is 1. The van der Waals surface area contributed by atoms with E-state index in [1.807, 2.05) is 0 Å². The van der Waals surface area contributed by atoms with Crippen molar-refractivity contribution in [2.24, 2.45) is 0 Å². The van der Waals surface area contributed by atoms with Crippen LogP contribution in [0.5, 0.6) is 0 Å².